The van der Waals surface area contributed by atoms with Crippen LogP contribution in [0, 0.1) is 0 Å². The third-order valence-electron chi connectivity index (χ3n) is 4.78. The van der Waals surface area contributed by atoms with E-state index < -0.39 is 5.60 Å². The molecule has 2 aromatic heterocycles. The Morgan fingerprint density at radius 1 is 1.27 bits per heavy atom. The summed E-state index contributed by atoms with van der Waals surface area (Å²) in [5, 5.41) is 2.90. The molecule has 7 nitrogen and oxygen atoms in total. The Hall–Kier alpha value is -2.80. The Balaban J connectivity index is 1.40. The molecule has 7 heteroatoms. The molecule has 0 unspecified atom stereocenters. The van der Waals surface area contributed by atoms with Gasteiger partial charge in [0.15, 0.2) is 5.82 Å². The van der Waals surface area contributed by atoms with Crippen molar-refractivity contribution in [1.82, 2.24) is 25.3 Å². The zero-order valence-corrected chi connectivity index (χ0v) is 14.7. The van der Waals surface area contributed by atoms with Crippen molar-refractivity contribution in [3.05, 3.63) is 53.9 Å². The Labute approximate surface area is 151 Å². The van der Waals surface area contributed by atoms with Crippen LogP contribution in [0.4, 0.5) is 0 Å². The van der Waals surface area contributed by atoms with Gasteiger partial charge in [-0.25, -0.2) is 15.0 Å². The third kappa shape index (κ3) is 3.30. The smallest absolute Gasteiger partial charge is 0.251 e. The van der Waals surface area contributed by atoms with E-state index in [1.807, 2.05) is 13.0 Å². The Bertz CT molecular complexity index is 913. The van der Waals surface area contributed by atoms with E-state index in [9.17, 15) is 4.79 Å². The van der Waals surface area contributed by atoms with Crippen molar-refractivity contribution in [2.45, 2.75) is 38.3 Å². The SMILES string of the molecule is C[C@@]1(c2ncc(CNC(=O)c3ccc4nc[nH]c4c3)cn2)CCCCO1. The van der Waals surface area contributed by atoms with Crippen LogP contribution in [-0.2, 0) is 16.9 Å². The van der Waals surface area contributed by atoms with Crippen LogP contribution < -0.4 is 5.32 Å². The summed E-state index contributed by atoms with van der Waals surface area (Å²) in [4.78, 5) is 28.4. The number of ether oxygens (including phenoxy) is 1. The first-order chi connectivity index (χ1) is 12.6. The summed E-state index contributed by atoms with van der Waals surface area (Å²) in [6.45, 7) is 3.16. The van der Waals surface area contributed by atoms with Gasteiger partial charge in [-0.2, -0.15) is 0 Å². The normalized spacial score (nSPS) is 20.2. The van der Waals surface area contributed by atoms with Crippen LogP contribution in [0.2, 0.25) is 0 Å². The predicted molar refractivity (Wildman–Crippen MR) is 96.5 cm³/mol. The van der Waals surface area contributed by atoms with E-state index in [1.165, 1.54) is 0 Å². The highest BCUT2D eigenvalue weighted by Crippen LogP contribution is 2.32. The molecule has 1 aliphatic heterocycles. The Morgan fingerprint density at radius 2 is 2.12 bits per heavy atom. The molecule has 1 amide bonds. The number of nitrogens with one attached hydrogen (secondary N) is 2. The molecule has 0 bridgehead atoms. The summed E-state index contributed by atoms with van der Waals surface area (Å²) in [6.07, 6.45) is 8.26. The minimum absolute atomic E-state index is 0.145. The van der Waals surface area contributed by atoms with E-state index in [1.54, 1.807) is 30.9 Å². The van der Waals surface area contributed by atoms with Gasteiger partial charge in [0, 0.05) is 36.7 Å². The van der Waals surface area contributed by atoms with Crippen molar-refractivity contribution in [2.75, 3.05) is 6.61 Å². The molecule has 1 aliphatic rings. The minimum atomic E-state index is -0.403. The van der Waals surface area contributed by atoms with E-state index in [-0.39, 0.29) is 5.91 Å². The highest BCUT2D eigenvalue weighted by molar-refractivity contribution is 5.97. The fraction of sp³-hybridized carbons (Fsp3) is 0.368. The van der Waals surface area contributed by atoms with Crippen LogP contribution in [0.3, 0.4) is 0 Å². The molecule has 0 saturated carbocycles. The van der Waals surface area contributed by atoms with E-state index >= 15 is 0 Å². The van der Waals surface area contributed by atoms with Crippen molar-refractivity contribution in [3.63, 3.8) is 0 Å². The molecule has 0 radical (unpaired) electrons. The second kappa shape index (κ2) is 6.84. The summed E-state index contributed by atoms with van der Waals surface area (Å²) < 4.78 is 5.87. The summed E-state index contributed by atoms with van der Waals surface area (Å²) in [5.74, 6) is 0.560. The summed E-state index contributed by atoms with van der Waals surface area (Å²) in [6, 6.07) is 5.38. The van der Waals surface area contributed by atoms with Crippen LogP contribution in [0.5, 0.6) is 0 Å². The maximum atomic E-state index is 12.3. The van der Waals surface area contributed by atoms with Gasteiger partial charge in [0.2, 0.25) is 0 Å². The molecule has 1 aromatic carbocycles. The average Bonchev–Trinajstić information content (AvgIpc) is 3.15. The molecule has 0 aliphatic carbocycles. The zero-order valence-electron chi connectivity index (χ0n) is 14.7. The number of aromatic amines is 1. The molecule has 134 valence electrons. The van der Waals surface area contributed by atoms with Crippen LogP contribution in [-0.4, -0.2) is 32.4 Å². The summed E-state index contributed by atoms with van der Waals surface area (Å²) in [5.41, 5.74) is 2.71. The van der Waals surface area contributed by atoms with Crippen molar-refractivity contribution >= 4 is 16.9 Å². The molecule has 0 spiro atoms. The number of hydrogen-bond donors (Lipinski definition) is 2. The van der Waals surface area contributed by atoms with Gasteiger partial charge in [-0.1, -0.05) is 0 Å². The minimum Gasteiger partial charge on any atom is -0.367 e. The summed E-state index contributed by atoms with van der Waals surface area (Å²) in [7, 11) is 0. The quantitative estimate of drug-likeness (QED) is 0.754. The molecule has 3 heterocycles. The fourth-order valence-corrected chi connectivity index (χ4v) is 3.19. The van der Waals surface area contributed by atoms with Gasteiger partial charge in [-0.3, -0.25) is 4.79 Å². The molecule has 2 N–H and O–H groups in total. The van der Waals surface area contributed by atoms with Gasteiger partial charge in [-0.05, 0) is 44.4 Å². The Morgan fingerprint density at radius 3 is 2.88 bits per heavy atom. The van der Waals surface area contributed by atoms with Crippen molar-refractivity contribution in [3.8, 4) is 0 Å². The van der Waals surface area contributed by atoms with Crippen LogP contribution in [0.15, 0.2) is 36.9 Å². The Kier molecular flexibility index (Phi) is 4.38. The topological polar surface area (TPSA) is 92.8 Å². The number of aromatic nitrogens is 4. The lowest BCUT2D eigenvalue weighted by molar-refractivity contribution is -0.0760. The van der Waals surface area contributed by atoms with Crippen molar-refractivity contribution in [2.24, 2.45) is 0 Å². The lowest BCUT2D eigenvalue weighted by atomic mass is 9.95. The van der Waals surface area contributed by atoms with E-state index in [0.717, 1.165) is 42.5 Å². The van der Waals surface area contributed by atoms with Crippen LogP contribution in [0.25, 0.3) is 11.0 Å². The molecule has 3 aromatic rings. The first kappa shape index (κ1) is 16.7. The number of rotatable bonds is 4. The third-order valence-corrected chi connectivity index (χ3v) is 4.78. The van der Waals surface area contributed by atoms with Gasteiger partial charge in [0.05, 0.1) is 17.4 Å². The van der Waals surface area contributed by atoms with Crippen molar-refractivity contribution < 1.29 is 9.53 Å². The van der Waals surface area contributed by atoms with Crippen LogP contribution in [0.1, 0.15) is 47.9 Å². The average molecular weight is 351 g/mol. The molecule has 1 saturated heterocycles. The van der Waals surface area contributed by atoms with Gasteiger partial charge in [0.25, 0.3) is 5.91 Å². The number of imidazole rings is 1. The van der Waals surface area contributed by atoms with Crippen molar-refractivity contribution in [1.29, 1.82) is 0 Å². The van der Waals surface area contributed by atoms with Crippen LogP contribution >= 0.6 is 0 Å². The van der Waals surface area contributed by atoms with E-state index in [2.05, 4.69) is 25.3 Å². The molecule has 4 rings (SSSR count). The predicted octanol–water partition coefficient (Wildman–Crippen LogP) is 2.70. The number of nitrogens with zero attached hydrogens (tertiary/aromatic N) is 3. The highest BCUT2D eigenvalue weighted by Gasteiger charge is 2.32. The lowest BCUT2D eigenvalue weighted by Crippen LogP contribution is -2.32. The van der Waals surface area contributed by atoms with E-state index in [4.69, 9.17) is 4.74 Å². The van der Waals surface area contributed by atoms with Gasteiger partial charge < -0.3 is 15.0 Å². The largest absolute Gasteiger partial charge is 0.367 e. The first-order valence-corrected chi connectivity index (χ1v) is 8.81. The number of hydrogen-bond acceptors (Lipinski definition) is 5. The maximum Gasteiger partial charge on any atom is 0.251 e. The number of H-pyrrole nitrogens is 1. The maximum absolute atomic E-state index is 12.3. The molecule has 26 heavy (non-hydrogen) atoms. The molecular weight excluding hydrogens is 330 g/mol. The monoisotopic (exact) mass is 351 g/mol. The number of amides is 1. The zero-order chi connectivity index (χ0) is 18.0. The number of benzene rings is 1. The molecule has 1 atom stereocenters. The highest BCUT2D eigenvalue weighted by atomic mass is 16.5. The standard InChI is InChI=1S/C19H21N5O2/c1-19(6-2-3-7-26-19)18-21-10-13(11-22-18)9-20-17(25)14-4-5-15-16(8-14)24-12-23-15/h4-5,8,10-12H,2-3,6-7,9H2,1H3,(H,20,25)(H,23,24)/t19-/m0/s1. The van der Waals surface area contributed by atoms with E-state index in [0.29, 0.717) is 17.9 Å². The second-order valence-corrected chi connectivity index (χ2v) is 6.77. The number of carbonyl (C=O) groups is 1. The van der Waals surface area contributed by atoms with Gasteiger partial charge in [0.1, 0.15) is 5.60 Å². The first-order valence-electron chi connectivity index (χ1n) is 8.81. The molecule has 1 fully saturated rings. The number of fused-ring (bicyclic) bond motifs is 1. The fourth-order valence-electron chi connectivity index (χ4n) is 3.19. The molecular formula is C19H21N5O2. The second-order valence-electron chi connectivity index (χ2n) is 6.77. The summed E-state index contributed by atoms with van der Waals surface area (Å²) >= 11 is 0. The van der Waals surface area contributed by atoms with Gasteiger partial charge >= 0.3 is 0 Å². The van der Waals surface area contributed by atoms with Gasteiger partial charge in [-0.15, -0.1) is 0 Å². The number of carbonyl (C=O) groups excluding carboxylic acids is 1. The lowest BCUT2D eigenvalue weighted by Gasteiger charge is -2.32.